The maximum Gasteiger partial charge on any atom is 0.254 e. The molecule has 1 aliphatic heterocycles. The van der Waals surface area contributed by atoms with Gasteiger partial charge in [0.15, 0.2) is 0 Å². The Balaban J connectivity index is 2.54. The highest BCUT2D eigenvalue weighted by Crippen LogP contribution is 2.44. The monoisotopic (exact) mass is 168 g/mol. The molecular weight excluding hydrogens is 159 g/mol. The minimum atomic E-state index is -1.70. The predicted octanol–water partition coefficient (Wildman–Crippen LogP) is 3.09. The van der Waals surface area contributed by atoms with Crippen LogP contribution in [0.5, 0.6) is 0 Å². The Hall–Kier alpha value is 0.797. The van der Waals surface area contributed by atoms with E-state index in [1.54, 1.807) is 0 Å². The maximum atomic E-state index is 6.02. The standard InChI is InChI=1S/C5H10Cl2Si/c1-5-3-2-4-8(5,6)7/h5H,2-4H2,1H3. The van der Waals surface area contributed by atoms with Crippen molar-refractivity contribution in [1.82, 2.24) is 0 Å². The van der Waals surface area contributed by atoms with Crippen LogP contribution in [-0.2, 0) is 0 Å². The molecule has 0 N–H and O–H groups in total. The topological polar surface area (TPSA) is 0 Å². The van der Waals surface area contributed by atoms with Gasteiger partial charge < -0.3 is 0 Å². The molecule has 48 valence electrons. The van der Waals surface area contributed by atoms with Crippen molar-refractivity contribution < 1.29 is 0 Å². The van der Waals surface area contributed by atoms with Crippen LogP contribution in [0, 0.1) is 0 Å². The summed E-state index contributed by atoms with van der Waals surface area (Å²) in [5.41, 5.74) is 0.630. The molecule has 0 amide bonds. The van der Waals surface area contributed by atoms with E-state index in [0.717, 1.165) is 6.04 Å². The average molecular weight is 169 g/mol. The maximum absolute atomic E-state index is 6.02. The van der Waals surface area contributed by atoms with Crippen LogP contribution >= 0.6 is 22.2 Å². The molecular formula is C5H10Cl2Si. The van der Waals surface area contributed by atoms with Crippen molar-refractivity contribution in [2.75, 3.05) is 0 Å². The van der Waals surface area contributed by atoms with Crippen LogP contribution in [0.15, 0.2) is 0 Å². The molecule has 1 fully saturated rings. The highest BCUT2D eigenvalue weighted by Gasteiger charge is 2.39. The van der Waals surface area contributed by atoms with Crippen LogP contribution in [0.1, 0.15) is 19.8 Å². The first-order chi connectivity index (χ1) is 3.63. The Morgan fingerprint density at radius 1 is 1.50 bits per heavy atom. The lowest BCUT2D eigenvalue weighted by Gasteiger charge is -2.12. The van der Waals surface area contributed by atoms with Crippen LogP contribution in [0.4, 0.5) is 0 Å². The average Bonchev–Trinajstić information content (AvgIpc) is 1.86. The van der Waals surface area contributed by atoms with Crippen LogP contribution in [-0.4, -0.2) is 6.69 Å². The van der Waals surface area contributed by atoms with Crippen molar-refractivity contribution in [2.24, 2.45) is 0 Å². The van der Waals surface area contributed by atoms with Gasteiger partial charge in [-0.15, -0.1) is 22.2 Å². The van der Waals surface area contributed by atoms with Gasteiger partial charge in [0.2, 0.25) is 0 Å². The summed E-state index contributed by atoms with van der Waals surface area (Å²) in [7, 11) is 0. The van der Waals surface area contributed by atoms with Crippen molar-refractivity contribution in [3.8, 4) is 0 Å². The van der Waals surface area contributed by atoms with Gasteiger partial charge in [-0.05, 0) is 11.6 Å². The third-order valence-corrected chi connectivity index (χ3v) is 7.99. The van der Waals surface area contributed by atoms with Gasteiger partial charge in [-0.3, -0.25) is 0 Å². The highest BCUT2D eigenvalue weighted by molar-refractivity contribution is 7.46. The fraction of sp³-hybridized carbons (Fsp3) is 1.00. The second kappa shape index (κ2) is 2.20. The molecule has 0 aromatic carbocycles. The zero-order valence-corrected chi connectivity index (χ0v) is 7.47. The van der Waals surface area contributed by atoms with Crippen molar-refractivity contribution >= 4 is 28.9 Å². The minimum absolute atomic E-state index is 0.630. The van der Waals surface area contributed by atoms with Crippen molar-refractivity contribution in [3.05, 3.63) is 0 Å². The lowest BCUT2D eigenvalue weighted by Crippen LogP contribution is -2.17. The SMILES string of the molecule is CC1CCC[Si]1(Cl)Cl. The third kappa shape index (κ3) is 1.20. The summed E-state index contributed by atoms with van der Waals surface area (Å²) >= 11 is 12.0. The van der Waals surface area contributed by atoms with E-state index in [9.17, 15) is 0 Å². The van der Waals surface area contributed by atoms with E-state index in [1.807, 2.05) is 0 Å². The summed E-state index contributed by atoms with van der Waals surface area (Å²) in [6.07, 6.45) is 2.50. The van der Waals surface area contributed by atoms with Crippen LogP contribution < -0.4 is 0 Å². The van der Waals surface area contributed by atoms with Gasteiger partial charge in [0, 0.05) is 0 Å². The summed E-state index contributed by atoms with van der Waals surface area (Å²) in [5.74, 6) is 0. The Bertz CT molecular complexity index is 92.4. The summed E-state index contributed by atoms with van der Waals surface area (Å²) in [4.78, 5) is 0. The molecule has 8 heavy (non-hydrogen) atoms. The van der Waals surface area contributed by atoms with E-state index in [2.05, 4.69) is 6.92 Å². The normalized spacial score (nSPS) is 35.6. The molecule has 1 heterocycles. The van der Waals surface area contributed by atoms with E-state index in [4.69, 9.17) is 22.2 Å². The molecule has 3 heteroatoms. The lowest BCUT2D eigenvalue weighted by atomic mass is 10.3. The highest BCUT2D eigenvalue weighted by atomic mass is 35.7. The van der Waals surface area contributed by atoms with Gasteiger partial charge in [-0.1, -0.05) is 19.8 Å². The fourth-order valence-electron chi connectivity index (χ4n) is 1.10. The van der Waals surface area contributed by atoms with Crippen LogP contribution in [0.25, 0.3) is 0 Å². The molecule has 1 unspecified atom stereocenters. The molecule has 1 saturated heterocycles. The van der Waals surface area contributed by atoms with Gasteiger partial charge >= 0.3 is 0 Å². The second-order valence-electron chi connectivity index (χ2n) is 2.55. The number of halogens is 2. The van der Waals surface area contributed by atoms with Crippen molar-refractivity contribution in [2.45, 2.75) is 31.4 Å². The smallest absolute Gasteiger partial charge is 0.146 e. The first-order valence-corrected chi connectivity index (χ1v) is 7.31. The first kappa shape index (κ1) is 6.91. The summed E-state index contributed by atoms with van der Waals surface area (Å²) in [5, 5.41) is 0. The molecule has 1 rings (SSSR count). The molecule has 1 atom stereocenters. The van der Waals surface area contributed by atoms with Crippen LogP contribution in [0.2, 0.25) is 11.6 Å². The minimum Gasteiger partial charge on any atom is -0.146 e. The second-order valence-corrected chi connectivity index (χ2v) is 10.2. The molecule has 0 saturated carbocycles. The Morgan fingerprint density at radius 2 is 2.12 bits per heavy atom. The van der Waals surface area contributed by atoms with Crippen LogP contribution in [0.3, 0.4) is 0 Å². The van der Waals surface area contributed by atoms with Gasteiger partial charge in [0.05, 0.1) is 0 Å². The summed E-state index contributed by atoms with van der Waals surface area (Å²) in [6, 6.07) is 1.11. The van der Waals surface area contributed by atoms with E-state index in [1.165, 1.54) is 12.8 Å². The molecule has 0 aliphatic carbocycles. The molecule has 0 bridgehead atoms. The number of hydrogen-bond acceptors (Lipinski definition) is 0. The Labute approximate surface area is 60.6 Å². The molecule has 0 aromatic heterocycles. The van der Waals surface area contributed by atoms with Gasteiger partial charge in [0.1, 0.15) is 0 Å². The Kier molecular flexibility index (Phi) is 1.90. The van der Waals surface area contributed by atoms with E-state index in [0.29, 0.717) is 5.54 Å². The first-order valence-electron chi connectivity index (χ1n) is 3.01. The summed E-state index contributed by atoms with van der Waals surface area (Å²) < 4.78 is 0. The number of hydrogen-bond donors (Lipinski definition) is 0. The third-order valence-electron chi connectivity index (χ3n) is 1.87. The van der Waals surface area contributed by atoms with Gasteiger partial charge in [0.25, 0.3) is 6.69 Å². The molecule has 1 aliphatic rings. The zero-order valence-electron chi connectivity index (χ0n) is 4.95. The quantitative estimate of drug-likeness (QED) is 0.386. The predicted molar refractivity (Wildman–Crippen MR) is 40.9 cm³/mol. The van der Waals surface area contributed by atoms with E-state index < -0.39 is 6.69 Å². The van der Waals surface area contributed by atoms with Gasteiger partial charge in [-0.2, -0.15) is 0 Å². The molecule has 0 nitrogen and oxygen atoms in total. The zero-order chi connectivity index (χ0) is 6.20. The fourth-order valence-corrected chi connectivity index (χ4v) is 4.35. The summed E-state index contributed by atoms with van der Waals surface area (Å²) in [6.45, 7) is 0.467. The Morgan fingerprint density at radius 3 is 2.25 bits per heavy atom. The largest absolute Gasteiger partial charge is 0.254 e. The molecule has 0 radical (unpaired) electrons. The van der Waals surface area contributed by atoms with E-state index in [-0.39, 0.29) is 0 Å². The van der Waals surface area contributed by atoms with E-state index >= 15 is 0 Å². The number of rotatable bonds is 0. The lowest BCUT2D eigenvalue weighted by molar-refractivity contribution is 0.820. The van der Waals surface area contributed by atoms with Gasteiger partial charge in [-0.25, -0.2) is 0 Å². The molecule has 0 spiro atoms. The molecule has 0 aromatic rings. The van der Waals surface area contributed by atoms with Crippen molar-refractivity contribution in [1.29, 1.82) is 0 Å². The van der Waals surface area contributed by atoms with Crippen molar-refractivity contribution in [3.63, 3.8) is 0 Å².